The molecule has 3 aromatic rings. The Balaban J connectivity index is 1.60. The van der Waals surface area contributed by atoms with E-state index in [-0.39, 0.29) is 5.91 Å². The zero-order valence-corrected chi connectivity index (χ0v) is 11.4. The van der Waals surface area contributed by atoms with Crippen LogP contribution in [-0.4, -0.2) is 17.4 Å². The number of amides is 1. The first-order valence-electron chi connectivity index (χ1n) is 7.05. The van der Waals surface area contributed by atoms with Crippen molar-refractivity contribution in [2.45, 2.75) is 6.42 Å². The van der Waals surface area contributed by atoms with E-state index in [1.807, 2.05) is 48.7 Å². The minimum Gasteiger partial charge on any atom is -0.384 e. The Kier molecular flexibility index (Phi) is 2.67. The van der Waals surface area contributed by atoms with Crippen molar-refractivity contribution in [2.24, 2.45) is 0 Å². The number of H-pyrrole nitrogens is 1. The minimum absolute atomic E-state index is 0.0796. The zero-order chi connectivity index (χ0) is 14.2. The summed E-state index contributed by atoms with van der Waals surface area (Å²) in [6.45, 7) is 0.969. The lowest BCUT2D eigenvalue weighted by atomic mass is 10.1. The molecule has 4 rings (SSSR count). The van der Waals surface area contributed by atoms with E-state index in [2.05, 4.69) is 15.6 Å². The minimum atomic E-state index is -0.0796. The average molecular weight is 277 g/mol. The lowest BCUT2D eigenvalue weighted by Crippen LogP contribution is -2.11. The molecule has 1 aliphatic heterocycles. The summed E-state index contributed by atoms with van der Waals surface area (Å²) in [6, 6.07) is 13.6. The quantitative estimate of drug-likeness (QED) is 0.672. The van der Waals surface area contributed by atoms with Crippen LogP contribution in [0.1, 0.15) is 15.9 Å². The molecule has 0 saturated heterocycles. The molecule has 0 unspecified atom stereocenters. The Hall–Kier alpha value is -2.75. The van der Waals surface area contributed by atoms with Crippen LogP contribution in [0.15, 0.2) is 48.7 Å². The first-order chi connectivity index (χ1) is 10.3. The van der Waals surface area contributed by atoms with Crippen LogP contribution in [0.2, 0.25) is 0 Å². The molecule has 1 amide bonds. The molecule has 4 nitrogen and oxygen atoms in total. The third-order valence-corrected chi connectivity index (χ3v) is 3.89. The van der Waals surface area contributed by atoms with Crippen molar-refractivity contribution in [3.8, 4) is 0 Å². The van der Waals surface area contributed by atoms with Gasteiger partial charge in [0, 0.05) is 40.6 Å². The van der Waals surface area contributed by atoms with Crippen LogP contribution in [0.3, 0.4) is 0 Å². The number of benzene rings is 2. The fourth-order valence-electron chi connectivity index (χ4n) is 2.78. The number of aromatic amines is 1. The van der Waals surface area contributed by atoms with Gasteiger partial charge in [-0.2, -0.15) is 0 Å². The van der Waals surface area contributed by atoms with E-state index in [1.54, 1.807) is 0 Å². The van der Waals surface area contributed by atoms with Crippen molar-refractivity contribution < 1.29 is 4.79 Å². The molecule has 104 valence electrons. The molecule has 0 fully saturated rings. The summed E-state index contributed by atoms with van der Waals surface area (Å²) in [6.07, 6.45) is 2.88. The summed E-state index contributed by atoms with van der Waals surface area (Å²) < 4.78 is 0. The number of nitrogens with one attached hydrogen (secondary N) is 3. The standard InChI is InChI=1S/C17H15N3O/c21-17(13-1-3-15-11(9-13)5-7-18-15)20-14-2-4-16-12(10-14)6-8-19-16/h1-5,7,9-10,18-19H,6,8H2,(H,20,21). The summed E-state index contributed by atoms with van der Waals surface area (Å²) in [5, 5.41) is 7.32. The van der Waals surface area contributed by atoms with E-state index in [1.165, 1.54) is 11.3 Å². The van der Waals surface area contributed by atoms with E-state index in [4.69, 9.17) is 0 Å². The van der Waals surface area contributed by atoms with Gasteiger partial charge in [-0.3, -0.25) is 4.79 Å². The van der Waals surface area contributed by atoms with Crippen molar-refractivity contribution in [2.75, 3.05) is 17.2 Å². The van der Waals surface area contributed by atoms with Crippen molar-refractivity contribution in [1.29, 1.82) is 0 Å². The Bertz CT molecular complexity index is 835. The normalized spacial score (nSPS) is 13.0. The van der Waals surface area contributed by atoms with Crippen molar-refractivity contribution >= 4 is 28.2 Å². The van der Waals surface area contributed by atoms with E-state index in [0.717, 1.165) is 29.6 Å². The van der Waals surface area contributed by atoms with Gasteiger partial charge >= 0.3 is 0 Å². The molecule has 0 atom stereocenters. The monoisotopic (exact) mass is 277 g/mol. The van der Waals surface area contributed by atoms with E-state index in [0.29, 0.717) is 5.56 Å². The van der Waals surface area contributed by atoms with Crippen molar-refractivity contribution in [1.82, 2.24) is 4.98 Å². The highest BCUT2D eigenvalue weighted by molar-refractivity contribution is 6.06. The van der Waals surface area contributed by atoms with Gasteiger partial charge in [0.15, 0.2) is 0 Å². The smallest absolute Gasteiger partial charge is 0.255 e. The predicted molar refractivity (Wildman–Crippen MR) is 84.9 cm³/mol. The number of aromatic nitrogens is 1. The molecular formula is C17H15N3O. The molecule has 0 spiro atoms. The molecule has 1 aromatic heterocycles. The number of carbonyl (C=O) groups excluding carboxylic acids is 1. The fourth-order valence-corrected chi connectivity index (χ4v) is 2.78. The Morgan fingerprint density at radius 1 is 1.10 bits per heavy atom. The summed E-state index contributed by atoms with van der Waals surface area (Å²) >= 11 is 0. The maximum absolute atomic E-state index is 12.3. The van der Waals surface area contributed by atoms with Gasteiger partial charge in [-0.15, -0.1) is 0 Å². The molecule has 4 heteroatoms. The lowest BCUT2D eigenvalue weighted by Gasteiger charge is -2.07. The second-order valence-corrected chi connectivity index (χ2v) is 5.28. The van der Waals surface area contributed by atoms with E-state index >= 15 is 0 Å². The van der Waals surface area contributed by atoms with Gasteiger partial charge in [0.1, 0.15) is 0 Å². The van der Waals surface area contributed by atoms with Gasteiger partial charge in [-0.05, 0) is 54.4 Å². The van der Waals surface area contributed by atoms with Gasteiger partial charge in [-0.25, -0.2) is 0 Å². The molecule has 0 aliphatic carbocycles. The van der Waals surface area contributed by atoms with Gasteiger partial charge in [0.2, 0.25) is 0 Å². The Morgan fingerprint density at radius 2 is 2.05 bits per heavy atom. The van der Waals surface area contributed by atoms with Crippen molar-refractivity contribution in [3.63, 3.8) is 0 Å². The largest absolute Gasteiger partial charge is 0.384 e. The van der Waals surface area contributed by atoms with Crippen LogP contribution in [0.5, 0.6) is 0 Å². The Labute approximate surface area is 122 Å². The number of fused-ring (bicyclic) bond motifs is 2. The number of anilines is 2. The van der Waals surface area contributed by atoms with Gasteiger partial charge < -0.3 is 15.6 Å². The maximum atomic E-state index is 12.3. The highest BCUT2D eigenvalue weighted by atomic mass is 16.1. The van der Waals surface area contributed by atoms with Crippen molar-refractivity contribution in [3.05, 3.63) is 59.8 Å². The summed E-state index contributed by atoms with van der Waals surface area (Å²) in [5.41, 5.74) is 4.98. The third-order valence-electron chi connectivity index (χ3n) is 3.89. The first-order valence-corrected chi connectivity index (χ1v) is 7.05. The topological polar surface area (TPSA) is 56.9 Å². The molecule has 21 heavy (non-hydrogen) atoms. The first kappa shape index (κ1) is 12.0. The highest BCUT2D eigenvalue weighted by Gasteiger charge is 2.12. The number of hydrogen-bond donors (Lipinski definition) is 3. The third kappa shape index (κ3) is 2.14. The molecule has 2 aromatic carbocycles. The second kappa shape index (κ2) is 4.66. The van der Waals surface area contributed by atoms with Crippen LogP contribution < -0.4 is 10.6 Å². The van der Waals surface area contributed by atoms with Crippen LogP contribution in [-0.2, 0) is 6.42 Å². The Morgan fingerprint density at radius 3 is 3.00 bits per heavy atom. The highest BCUT2D eigenvalue weighted by Crippen LogP contribution is 2.25. The number of carbonyl (C=O) groups is 1. The summed E-state index contributed by atoms with van der Waals surface area (Å²) in [7, 11) is 0. The molecule has 0 bridgehead atoms. The van der Waals surface area contributed by atoms with Gasteiger partial charge in [-0.1, -0.05) is 0 Å². The van der Waals surface area contributed by atoms with E-state index in [9.17, 15) is 4.79 Å². The summed E-state index contributed by atoms with van der Waals surface area (Å²) in [4.78, 5) is 15.5. The maximum Gasteiger partial charge on any atom is 0.255 e. The fraction of sp³-hybridized carbons (Fsp3) is 0.118. The SMILES string of the molecule is O=C(Nc1ccc2c(c1)CCN2)c1ccc2[nH]ccc2c1. The zero-order valence-electron chi connectivity index (χ0n) is 11.4. The molecule has 1 aliphatic rings. The van der Waals surface area contributed by atoms with Crippen LogP contribution in [0, 0.1) is 0 Å². The molecular weight excluding hydrogens is 262 g/mol. The van der Waals surface area contributed by atoms with E-state index < -0.39 is 0 Å². The van der Waals surface area contributed by atoms with Crippen LogP contribution in [0.25, 0.3) is 10.9 Å². The van der Waals surface area contributed by atoms with Gasteiger partial charge in [0.05, 0.1) is 0 Å². The second-order valence-electron chi connectivity index (χ2n) is 5.28. The predicted octanol–water partition coefficient (Wildman–Crippen LogP) is 3.39. The van der Waals surface area contributed by atoms with Gasteiger partial charge in [0.25, 0.3) is 5.91 Å². The van der Waals surface area contributed by atoms with Crippen LogP contribution >= 0.6 is 0 Å². The average Bonchev–Trinajstić information content (AvgIpc) is 3.14. The molecule has 3 N–H and O–H groups in total. The number of rotatable bonds is 2. The van der Waals surface area contributed by atoms with Crippen LogP contribution in [0.4, 0.5) is 11.4 Å². The molecule has 2 heterocycles. The molecule has 0 radical (unpaired) electrons. The number of hydrogen-bond acceptors (Lipinski definition) is 2. The molecule has 0 saturated carbocycles. The summed E-state index contributed by atoms with van der Waals surface area (Å²) in [5.74, 6) is -0.0796. The lowest BCUT2D eigenvalue weighted by molar-refractivity contribution is 0.102.